The van der Waals surface area contributed by atoms with E-state index in [0.717, 1.165) is 28.8 Å². The Bertz CT molecular complexity index is 1220. The van der Waals surface area contributed by atoms with Gasteiger partial charge in [-0.3, -0.25) is 4.57 Å². The van der Waals surface area contributed by atoms with Gasteiger partial charge in [0.1, 0.15) is 11.6 Å². The second-order valence-corrected chi connectivity index (χ2v) is 6.44. The second-order valence-electron chi connectivity index (χ2n) is 6.44. The Hall–Kier alpha value is -3.81. The number of hydrogen-bond donors (Lipinski definition) is 2. The first-order valence-corrected chi connectivity index (χ1v) is 8.95. The summed E-state index contributed by atoms with van der Waals surface area (Å²) >= 11 is 0. The van der Waals surface area contributed by atoms with Gasteiger partial charge in [-0.2, -0.15) is 9.97 Å². The van der Waals surface area contributed by atoms with Crippen LogP contribution in [0.3, 0.4) is 0 Å². The zero-order chi connectivity index (χ0) is 19.3. The molecule has 5 rings (SSSR count). The molecule has 0 amide bonds. The van der Waals surface area contributed by atoms with Crippen molar-refractivity contribution in [3.8, 4) is 28.4 Å². The van der Waals surface area contributed by atoms with Gasteiger partial charge in [0.15, 0.2) is 17.3 Å². The van der Waals surface area contributed by atoms with Gasteiger partial charge >= 0.3 is 0 Å². The SMILES string of the molecule is CCc1nc2ccccc2n1-c1nc(N)nc(N)c1-c1ccc2c(c1)OCO2. The van der Waals surface area contributed by atoms with Crippen LogP contribution in [0.4, 0.5) is 11.8 Å². The number of anilines is 2. The lowest BCUT2D eigenvalue weighted by Gasteiger charge is -2.15. The maximum atomic E-state index is 6.30. The fraction of sp³-hybridized carbons (Fsp3) is 0.150. The summed E-state index contributed by atoms with van der Waals surface area (Å²) in [5, 5.41) is 0. The molecule has 1 aliphatic heterocycles. The van der Waals surface area contributed by atoms with E-state index in [1.165, 1.54) is 0 Å². The van der Waals surface area contributed by atoms with Crippen LogP contribution in [0.25, 0.3) is 28.0 Å². The number of benzene rings is 2. The molecule has 0 saturated heterocycles. The molecule has 4 aromatic rings. The van der Waals surface area contributed by atoms with Crippen LogP contribution in [0.5, 0.6) is 11.5 Å². The van der Waals surface area contributed by atoms with E-state index < -0.39 is 0 Å². The molecule has 140 valence electrons. The van der Waals surface area contributed by atoms with E-state index in [9.17, 15) is 0 Å². The molecule has 0 aliphatic carbocycles. The smallest absolute Gasteiger partial charge is 0.231 e. The average molecular weight is 374 g/mol. The van der Waals surface area contributed by atoms with Crippen LogP contribution in [0, 0.1) is 0 Å². The number of rotatable bonds is 3. The van der Waals surface area contributed by atoms with Crippen molar-refractivity contribution < 1.29 is 9.47 Å². The molecule has 3 heterocycles. The minimum absolute atomic E-state index is 0.108. The van der Waals surface area contributed by atoms with E-state index in [0.29, 0.717) is 28.7 Å². The fourth-order valence-corrected chi connectivity index (χ4v) is 3.52. The maximum Gasteiger partial charge on any atom is 0.231 e. The summed E-state index contributed by atoms with van der Waals surface area (Å²) in [6, 6.07) is 13.5. The monoisotopic (exact) mass is 374 g/mol. The van der Waals surface area contributed by atoms with Crippen LogP contribution >= 0.6 is 0 Å². The van der Waals surface area contributed by atoms with Crippen molar-refractivity contribution >= 4 is 22.8 Å². The summed E-state index contributed by atoms with van der Waals surface area (Å²) in [5.41, 5.74) is 15.6. The third-order valence-corrected chi connectivity index (χ3v) is 4.75. The molecular weight excluding hydrogens is 356 g/mol. The number of fused-ring (bicyclic) bond motifs is 2. The number of nitrogens with zero attached hydrogens (tertiary/aromatic N) is 4. The first-order valence-electron chi connectivity index (χ1n) is 8.95. The lowest BCUT2D eigenvalue weighted by Crippen LogP contribution is -2.11. The van der Waals surface area contributed by atoms with Crippen molar-refractivity contribution in [2.24, 2.45) is 0 Å². The van der Waals surface area contributed by atoms with E-state index in [1.54, 1.807) is 0 Å². The fourth-order valence-electron chi connectivity index (χ4n) is 3.52. The van der Waals surface area contributed by atoms with Gasteiger partial charge in [-0.25, -0.2) is 4.98 Å². The first kappa shape index (κ1) is 16.4. The Labute approximate surface area is 160 Å². The molecule has 0 radical (unpaired) electrons. The van der Waals surface area contributed by atoms with Crippen molar-refractivity contribution in [1.29, 1.82) is 0 Å². The van der Waals surface area contributed by atoms with Crippen molar-refractivity contribution in [1.82, 2.24) is 19.5 Å². The molecule has 0 unspecified atom stereocenters. The second kappa shape index (κ2) is 6.12. The number of ether oxygens (including phenoxy) is 2. The standard InChI is InChI=1S/C20H18N6O2/c1-2-16-23-12-5-3-4-6-13(12)26(16)19-17(18(21)24-20(22)25-19)11-7-8-14-15(9-11)28-10-27-14/h3-9H,2,10H2,1H3,(H4,21,22,24,25). The lowest BCUT2D eigenvalue weighted by atomic mass is 10.1. The third-order valence-electron chi connectivity index (χ3n) is 4.75. The minimum Gasteiger partial charge on any atom is -0.454 e. The molecule has 0 fully saturated rings. The molecule has 2 aromatic carbocycles. The predicted molar refractivity (Wildman–Crippen MR) is 106 cm³/mol. The van der Waals surface area contributed by atoms with Crippen molar-refractivity contribution in [2.45, 2.75) is 13.3 Å². The maximum absolute atomic E-state index is 6.30. The molecule has 28 heavy (non-hydrogen) atoms. The topological polar surface area (TPSA) is 114 Å². The van der Waals surface area contributed by atoms with Gasteiger partial charge in [-0.15, -0.1) is 0 Å². The van der Waals surface area contributed by atoms with Gasteiger partial charge in [0.25, 0.3) is 0 Å². The Balaban J connectivity index is 1.82. The van der Waals surface area contributed by atoms with Crippen LogP contribution < -0.4 is 20.9 Å². The highest BCUT2D eigenvalue weighted by molar-refractivity contribution is 5.86. The average Bonchev–Trinajstić information content (AvgIpc) is 3.30. The molecular formula is C20H18N6O2. The van der Waals surface area contributed by atoms with Crippen LogP contribution in [-0.4, -0.2) is 26.3 Å². The van der Waals surface area contributed by atoms with Crippen molar-refractivity contribution in [3.05, 3.63) is 48.3 Å². The minimum atomic E-state index is 0.108. The van der Waals surface area contributed by atoms with E-state index in [2.05, 4.69) is 9.97 Å². The Kier molecular flexibility index (Phi) is 3.58. The first-order chi connectivity index (χ1) is 13.7. The Morgan fingerprint density at radius 2 is 1.82 bits per heavy atom. The van der Waals surface area contributed by atoms with E-state index in [4.69, 9.17) is 25.9 Å². The molecule has 0 atom stereocenters. The largest absolute Gasteiger partial charge is 0.454 e. The molecule has 1 aliphatic rings. The summed E-state index contributed by atoms with van der Waals surface area (Å²) < 4.78 is 12.9. The van der Waals surface area contributed by atoms with Crippen LogP contribution in [0.1, 0.15) is 12.7 Å². The quantitative estimate of drug-likeness (QED) is 0.566. The highest BCUT2D eigenvalue weighted by Crippen LogP contribution is 2.40. The summed E-state index contributed by atoms with van der Waals surface area (Å²) in [5.74, 6) is 3.21. The molecule has 4 N–H and O–H groups in total. The van der Waals surface area contributed by atoms with Crippen molar-refractivity contribution in [2.75, 3.05) is 18.3 Å². The molecule has 8 heteroatoms. The molecule has 2 aromatic heterocycles. The number of aryl methyl sites for hydroxylation is 1. The molecule has 8 nitrogen and oxygen atoms in total. The number of nitrogens with two attached hydrogens (primary N) is 2. The lowest BCUT2D eigenvalue weighted by molar-refractivity contribution is 0.174. The molecule has 0 spiro atoms. The number of para-hydroxylation sites is 2. The number of imidazole rings is 1. The van der Waals surface area contributed by atoms with Gasteiger partial charge in [0, 0.05) is 6.42 Å². The number of hydrogen-bond acceptors (Lipinski definition) is 7. The highest BCUT2D eigenvalue weighted by Gasteiger charge is 2.22. The van der Waals surface area contributed by atoms with Crippen LogP contribution in [-0.2, 0) is 6.42 Å². The predicted octanol–water partition coefficient (Wildman–Crippen LogP) is 2.94. The summed E-state index contributed by atoms with van der Waals surface area (Å²) in [6.45, 7) is 2.25. The van der Waals surface area contributed by atoms with E-state index in [-0.39, 0.29) is 12.7 Å². The highest BCUT2D eigenvalue weighted by atomic mass is 16.7. The Morgan fingerprint density at radius 3 is 2.68 bits per heavy atom. The van der Waals surface area contributed by atoms with Gasteiger partial charge in [0.05, 0.1) is 16.6 Å². The third kappa shape index (κ3) is 2.42. The molecule has 0 saturated carbocycles. The summed E-state index contributed by atoms with van der Waals surface area (Å²) in [4.78, 5) is 13.5. The van der Waals surface area contributed by atoms with Gasteiger partial charge in [-0.1, -0.05) is 25.1 Å². The van der Waals surface area contributed by atoms with Crippen LogP contribution in [0.15, 0.2) is 42.5 Å². The van der Waals surface area contributed by atoms with Gasteiger partial charge in [0.2, 0.25) is 12.7 Å². The van der Waals surface area contributed by atoms with Gasteiger partial charge < -0.3 is 20.9 Å². The zero-order valence-electron chi connectivity index (χ0n) is 15.2. The van der Waals surface area contributed by atoms with E-state index in [1.807, 2.05) is 54.0 Å². The van der Waals surface area contributed by atoms with Crippen molar-refractivity contribution in [3.63, 3.8) is 0 Å². The zero-order valence-corrected chi connectivity index (χ0v) is 15.2. The number of aromatic nitrogens is 4. The summed E-state index contributed by atoms with van der Waals surface area (Å²) in [7, 11) is 0. The number of nitrogen functional groups attached to an aromatic ring is 2. The van der Waals surface area contributed by atoms with Crippen LogP contribution in [0.2, 0.25) is 0 Å². The van der Waals surface area contributed by atoms with Gasteiger partial charge in [-0.05, 0) is 29.8 Å². The Morgan fingerprint density at radius 1 is 1.00 bits per heavy atom. The summed E-state index contributed by atoms with van der Waals surface area (Å²) in [6.07, 6.45) is 0.721. The molecule has 0 bridgehead atoms. The van der Waals surface area contributed by atoms with E-state index >= 15 is 0 Å². The normalized spacial score (nSPS) is 12.6.